The summed E-state index contributed by atoms with van der Waals surface area (Å²) in [7, 11) is 0. The average Bonchev–Trinajstić information content (AvgIpc) is 2.81. The Morgan fingerprint density at radius 3 is 3.06 bits per heavy atom. The smallest absolute Gasteiger partial charge is 0.155 e. The molecule has 88 valence electrons. The van der Waals surface area contributed by atoms with E-state index < -0.39 is 0 Å². The van der Waals surface area contributed by atoms with Crippen molar-refractivity contribution >= 4 is 5.69 Å². The Morgan fingerprint density at radius 2 is 2.24 bits per heavy atom. The van der Waals surface area contributed by atoms with E-state index in [0.29, 0.717) is 0 Å². The second-order valence-corrected chi connectivity index (χ2v) is 4.45. The lowest BCUT2D eigenvalue weighted by atomic mass is 9.98. The van der Waals surface area contributed by atoms with Crippen molar-refractivity contribution in [2.75, 3.05) is 11.4 Å². The second kappa shape index (κ2) is 4.22. The van der Waals surface area contributed by atoms with Crippen LogP contribution < -0.4 is 10.6 Å². The quantitative estimate of drug-likeness (QED) is 0.849. The summed E-state index contributed by atoms with van der Waals surface area (Å²) in [6, 6.07) is 10.5. The third kappa shape index (κ3) is 2.03. The van der Waals surface area contributed by atoms with Crippen LogP contribution in [0.15, 0.2) is 41.1 Å². The van der Waals surface area contributed by atoms with Gasteiger partial charge in [-0.1, -0.05) is 23.4 Å². The molecular formula is C13H15N3O. The van der Waals surface area contributed by atoms with Crippen LogP contribution in [0.3, 0.4) is 0 Å². The molecule has 1 unspecified atom stereocenters. The number of anilines is 1. The molecule has 0 spiro atoms. The van der Waals surface area contributed by atoms with E-state index in [1.807, 2.05) is 6.07 Å². The molecule has 0 radical (unpaired) electrons. The highest BCUT2D eigenvalue weighted by Crippen LogP contribution is 2.27. The minimum atomic E-state index is 0.188. The lowest BCUT2D eigenvalue weighted by molar-refractivity contribution is 0.378. The number of fused-ring (bicyclic) bond motifs is 1. The van der Waals surface area contributed by atoms with Crippen LogP contribution in [0.4, 0.5) is 5.69 Å². The summed E-state index contributed by atoms with van der Waals surface area (Å²) in [5.41, 5.74) is 8.65. The minimum absolute atomic E-state index is 0.188. The maximum atomic E-state index is 6.08. The monoisotopic (exact) mass is 229 g/mol. The molecule has 1 aliphatic rings. The van der Waals surface area contributed by atoms with Crippen molar-refractivity contribution in [1.29, 1.82) is 0 Å². The van der Waals surface area contributed by atoms with Crippen LogP contribution in [-0.4, -0.2) is 17.7 Å². The fourth-order valence-electron chi connectivity index (χ4n) is 2.38. The molecule has 0 saturated carbocycles. The topological polar surface area (TPSA) is 55.3 Å². The summed E-state index contributed by atoms with van der Waals surface area (Å²) in [6.07, 6.45) is 2.62. The number of nitrogens with two attached hydrogens (primary N) is 1. The summed E-state index contributed by atoms with van der Waals surface area (Å²) in [5.74, 6) is 0.869. The number of nitrogens with zero attached hydrogens (tertiary/aromatic N) is 2. The van der Waals surface area contributed by atoms with Crippen LogP contribution in [-0.2, 0) is 13.0 Å². The Labute approximate surface area is 100 Å². The summed E-state index contributed by atoms with van der Waals surface area (Å²) in [5, 5.41) is 3.73. The predicted octanol–water partition coefficient (Wildman–Crippen LogP) is 1.56. The molecule has 4 nitrogen and oxygen atoms in total. The zero-order valence-electron chi connectivity index (χ0n) is 9.54. The molecule has 1 atom stereocenters. The minimum Gasteiger partial charge on any atom is -0.362 e. The first-order chi connectivity index (χ1) is 8.33. The van der Waals surface area contributed by atoms with Gasteiger partial charge in [-0.05, 0) is 18.1 Å². The van der Waals surface area contributed by atoms with Crippen molar-refractivity contribution < 1.29 is 4.52 Å². The van der Waals surface area contributed by atoms with E-state index in [2.05, 4.69) is 34.3 Å². The molecule has 1 aromatic heterocycles. The molecule has 1 aliphatic heterocycles. The van der Waals surface area contributed by atoms with E-state index in [0.717, 1.165) is 25.3 Å². The largest absolute Gasteiger partial charge is 0.362 e. The van der Waals surface area contributed by atoms with Crippen molar-refractivity contribution in [2.24, 2.45) is 5.73 Å². The molecule has 17 heavy (non-hydrogen) atoms. The van der Waals surface area contributed by atoms with E-state index in [1.54, 1.807) is 6.20 Å². The first kappa shape index (κ1) is 10.4. The van der Waals surface area contributed by atoms with E-state index in [1.165, 1.54) is 11.3 Å². The second-order valence-electron chi connectivity index (χ2n) is 4.45. The predicted molar refractivity (Wildman–Crippen MR) is 65.7 cm³/mol. The zero-order valence-corrected chi connectivity index (χ0v) is 9.54. The van der Waals surface area contributed by atoms with Crippen LogP contribution >= 0.6 is 0 Å². The van der Waals surface area contributed by atoms with Gasteiger partial charge in [0.05, 0.1) is 12.7 Å². The van der Waals surface area contributed by atoms with Crippen molar-refractivity contribution in [2.45, 2.75) is 19.0 Å². The SMILES string of the molecule is NC1Cc2ccccc2N(Cc2ccno2)C1. The lowest BCUT2D eigenvalue weighted by Gasteiger charge is -2.33. The van der Waals surface area contributed by atoms with E-state index in [-0.39, 0.29) is 6.04 Å². The van der Waals surface area contributed by atoms with Crippen LogP contribution in [0, 0.1) is 0 Å². The van der Waals surface area contributed by atoms with Crippen LogP contribution in [0.2, 0.25) is 0 Å². The Bertz CT molecular complexity index is 495. The van der Waals surface area contributed by atoms with E-state index in [4.69, 9.17) is 10.3 Å². The molecule has 0 aliphatic carbocycles. The summed E-state index contributed by atoms with van der Waals surface area (Å²) in [6.45, 7) is 1.59. The van der Waals surface area contributed by atoms with E-state index in [9.17, 15) is 0 Å². The van der Waals surface area contributed by atoms with Gasteiger partial charge in [-0.3, -0.25) is 0 Å². The molecule has 0 bridgehead atoms. The normalized spacial score (nSPS) is 19.1. The summed E-state index contributed by atoms with van der Waals surface area (Å²) < 4.78 is 5.15. The Kier molecular flexibility index (Phi) is 2.57. The van der Waals surface area contributed by atoms with Gasteiger partial charge < -0.3 is 15.2 Å². The van der Waals surface area contributed by atoms with Crippen molar-refractivity contribution in [3.05, 3.63) is 47.9 Å². The lowest BCUT2D eigenvalue weighted by Crippen LogP contribution is -2.42. The van der Waals surface area contributed by atoms with Crippen LogP contribution in [0.5, 0.6) is 0 Å². The van der Waals surface area contributed by atoms with Gasteiger partial charge >= 0.3 is 0 Å². The van der Waals surface area contributed by atoms with Crippen molar-refractivity contribution in [3.63, 3.8) is 0 Å². The van der Waals surface area contributed by atoms with Gasteiger partial charge in [0.2, 0.25) is 0 Å². The van der Waals surface area contributed by atoms with Gasteiger partial charge in [-0.2, -0.15) is 0 Å². The average molecular weight is 229 g/mol. The third-order valence-corrected chi connectivity index (χ3v) is 3.11. The summed E-state index contributed by atoms with van der Waals surface area (Å²) >= 11 is 0. The Hall–Kier alpha value is -1.81. The third-order valence-electron chi connectivity index (χ3n) is 3.11. The zero-order chi connectivity index (χ0) is 11.7. The number of para-hydroxylation sites is 1. The molecule has 3 rings (SSSR count). The molecule has 0 fully saturated rings. The van der Waals surface area contributed by atoms with Crippen molar-refractivity contribution in [1.82, 2.24) is 5.16 Å². The van der Waals surface area contributed by atoms with Gasteiger partial charge in [0.25, 0.3) is 0 Å². The number of rotatable bonds is 2. The maximum Gasteiger partial charge on any atom is 0.155 e. The number of hydrogen-bond donors (Lipinski definition) is 1. The van der Waals surface area contributed by atoms with Gasteiger partial charge in [0.1, 0.15) is 0 Å². The highest BCUT2D eigenvalue weighted by atomic mass is 16.5. The highest BCUT2D eigenvalue weighted by molar-refractivity contribution is 5.56. The Balaban J connectivity index is 1.90. The molecule has 2 N–H and O–H groups in total. The molecule has 2 heterocycles. The number of benzene rings is 1. The molecule has 4 heteroatoms. The van der Waals surface area contributed by atoms with Crippen LogP contribution in [0.25, 0.3) is 0 Å². The van der Waals surface area contributed by atoms with Crippen LogP contribution in [0.1, 0.15) is 11.3 Å². The number of hydrogen-bond acceptors (Lipinski definition) is 4. The van der Waals surface area contributed by atoms with Gasteiger partial charge in [0.15, 0.2) is 5.76 Å². The first-order valence-electron chi connectivity index (χ1n) is 5.81. The first-order valence-corrected chi connectivity index (χ1v) is 5.81. The van der Waals surface area contributed by atoms with Gasteiger partial charge in [0, 0.05) is 24.3 Å². The standard InChI is InChI=1S/C13H15N3O/c14-11-7-10-3-1-2-4-13(10)16(8-11)9-12-5-6-15-17-12/h1-6,11H,7-9,14H2. The molecule has 0 saturated heterocycles. The Morgan fingerprint density at radius 1 is 1.35 bits per heavy atom. The molecule has 0 amide bonds. The fraction of sp³-hybridized carbons (Fsp3) is 0.308. The molecule has 2 aromatic rings. The summed E-state index contributed by atoms with van der Waals surface area (Å²) in [4.78, 5) is 2.25. The molecular weight excluding hydrogens is 214 g/mol. The van der Waals surface area contributed by atoms with Gasteiger partial charge in [-0.25, -0.2) is 0 Å². The molecule has 1 aromatic carbocycles. The van der Waals surface area contributed by atoms with Crippen molar-refractivity contribution in [3.8, 4) is 0 Å². The van der Waals surface area contributed by atoms with Gasteiger partial charge in [-0.15, -0.1) is 0 Å². The van der Waals surface area contributed by atoms with E-state index >= 15 is 0 Å². The maximum absolute atomic E-state index is 6.08. The number of aromatic nitrogens is 1. The fourth-order valence-corrected chi connectivity index (χ4v) is 2.38. The highest BCUT2D eigenvalue weighted by Gasteiger charge is 2.22.